The summed E-state index contributed by atoms with van der Waals surface area (Å²) >= 11 is 6.65. The maximum Gasteiger partial charge on any atom is 0.358 e. The van der Waals surface area contributed by atoms with Crippen LogP contribution in [0.3, 0.4) is 0 Å². The van der Waals surface area contributed by atoms with Gasteiger partial charge >= 0.3 is 5.97 Å². The van der Waals surface area contributed by atoms with E-state index in [-0.39, 0.29) is 38.6 Å². The summed E-state index contributed by atoms with van der Waals surface area (Å²) in [6, 6.07) is 4.12. The monoisotopic (exact) mass is 327 g/mol. The summed E-state index contributed by atoms with van der Waals surface area (Å²) in [6.07, 6.45) is 0. The summed E-state index contributed by atoms with van der Waals surface area (Å²) in [6.45, 7) is 3.13. The summed E-state index contributed by atoms with van der Waals surface area (Å²) in [5, 5.41) is 0.489. The van der Waals surface area contributed by atoms with Crippen LogP contribution < -0.4 is 0 Å². The van der Waals surface area contributed by atoms with Crippen LogP contribution in [0.5, 0.6) is 0 Å². The molecule has 0 radical (unpaired) electrons. The molecule has 0 fully saturated rings. The van der Waals surface area contributed by atoms with E-state index in [0.717, 1.165) is 17.4 Å². The van der Waals surface area contributed by atoms with E-state index in [1.807, 2.05) is 0 Å². The van der Waals surface area contributed by atoms with Gasteiger partial charge in [0.15, 0.2) is 11.5 Å². The first-order valence-corrected chi connectivity index (χ1v) is 7.27. The Morgan fingerprint density at radius 3 is 2.71 bits per heavy atom. The molecule has 1 aromatic heterocycles. The molecule has 7 heteroatoms. The SMILES string of the molecule is CCOC(=O)c1nc(-c2ccc(Cl)cc2F)sc1C(C)=O. The molecule has 21 heavy (non-hydrogen) atoms. The van der Waals surface area contributed by atoms with Crippen LogP contribution >= 0.6 is 22.9 Å². The Morgan fingerprint density at radius 1 is 1.43 bits per heavy atom. The maximum atomic E-state index is 13.9. The first-order chi connectivity index (χ1) is 9.93. The summed E-state index contributed by atoms with van der Waals surface area (Å²) < 4.78 is 18.8. The third kappa shape index (κ3) is 3.28. The third-order valence-electron chi connectivity index (χ3n) is 2.58. The van der Waals surface area contributed by atoms with E-state index in [1.54, 1.807) is 6.92 Å². The lowest BCUT2D eigenvalue weighted by atomic mass is 10.2. The van der Waals surface area contributed by atoms with Crippen molar-refractivity contribution >= 4 is 34.7 Å². The molecule has 0 bridgehead atoms. The van der Waals surface area contributed by atoms with E-state index in [9.17, 15) is 14.0 Å². The van der Waals surface area contributed by atoms with Crippen molar-refractivity contribution in [2.75, 3.05) is 6.61 Å². The average molecular weight is 328 g/mol. The van der Waals surface area contributed by atoms with Crippen molar-refractivity contribution in [3.63, 3.8) is 0 Å². The first kappa shape index (κ1) is 15.6. The predicted octanol–water partition coefficient (Wildman–Crippen LogP) is 3.98. The highest BCUT2D eigenvalue weighted by Crippen LogP contribution is 2.31. The molecule has 0 aliphatic heterocycles. The van der Waals surface area contributed by atoms with Crippen molar-refractivity contribution in [1.29, 1.82) is 0 Å². The van der Waals surface area contributed by atoms with Crippen LogP contribution in [-0.2, 0) is 4.74 Å². The zero-order chi connectivity index (χ0) is 15.6. The normalized spacial score (nSPS) is 10.5. The Labute approximate surface area is 129 Å². The lowest BCUT2D eigenvalue weighted by Crippen LogP contribution is -2.09. The second-order valence-corrected chi connectivity index (χ2v) is 5.53. The number of halogens is 2. The van der Waals surface area contributed by atoms with Crippen molar-refractivity contribution in [3.05, 3.63) is 39.6 Å². The Kier molecular flexibility index (Phi) is 4.69. The third-order valence-corrected chi connectivity index (χ3v) is 4.00. The molecule has 0 atom stereocenters. The first-order valence-electron chi connectivity index (χ1n) is 6.08. The molecular formula is C14H11ClFNO3S. The number of carbonyl (C=O) groups is 2. The number of benzene rings is 1. The minimum atomic E-state index is -0.695. The molecule has 0 saturated carbocycles. The quantitative estimate of drug-likeness (QED) is 0.629. The standard InChI is InChI=1S/C14H11ClFNO3S/c1-3-20-14(19)11-12(7(2)18)21-13(17-11)9-5-4-8(15)6-10(9)16/h4-6H,3H2,1-2H3. The van der Waals surface area contributed by atoms with Gasteiger partial charge in [-0.25, -0.2) is 14.2 Å². The van der Waals surface area contributed by atoms with Crippen molar-refractivity contribution in [2.24, 2.45) is 0 Å². The zero-order valence-electron chi connectivity index (χ0n) is 11.3. The van der Waals surface area contributed by atoms with E-state index in [2.05, 4.69) is 4.98 Å². The van der Waals surface area contributed by atoms with E-state index in [4.69, 9.17) is 16.3 Å². The highest BCUT2D eigenvalue weighted by atomic mass is 35.5. The number of hydrogen-bond donors (Lipinski definition) is 0. The minimum Gasteiger partial charge on any atom is -0.461 e. The highest BCUT2D eigenvalue weighted by molar-refractivity contribution is 7.17. The number of rotatable bonds is 4. The number of esters is 1. The van der Waals surface area contributed by atoms with Crippen molar-refractivity contribution in [1.82, 2.24) is 4.98 Å². The predicted molar refractivity (Wildman–Crippen MR) is 78.5 cm³/mol. The van der Waals surface area contributed by atoms with Crippen LogP contribution in [0.2, 0.25) is 5.02 Å². The Balaban J connectivity index is 2.53. The van der Waals surface area contributed by atoms with Gasteiger partial charge in [-0.15, -0.1) is 11.3 Å². The molecule has 1 heterocycles. The van der Waals surface area contributed by atoms with Gasteiger partial charge < -0.3 is 4.74 Å². The number of aromatic nitrogens is 1. The molecule has 0 aliphatic carbocycles. The van der Waals surface area contributed by atoms with Crippen LogP contribution in [0, 0.1) is 5.82 Å². The minimum absolute atomic E-state index is 0.0845. The number of ketones is 1. The van der Waals surface area contributed by atoms with Gasteiger partial charge in [0.1, 0.15) is 15.7 Å². The number of carbonyl (C=O) groups excluding carboxylic acids is 2. The molecule has 0 amide bonds. The number of thiazole rings is 1. The Morgan fingerprint density at radius 2 is 2.14 bits per heavy atom. The molecule has 110 valence electrons. The van der Waals surface area contributed by atoms with Crippen LogP contribution in [0.1, 0.15) is 34.0 Å². The summed E-state index contributed by atoms with van der Waals surface area (Å²) in [5.74, 6) is -1.59. The molecule has 0 N–H and O–H groups in total. The Hall–Kier alpha value is -1.79. The number of ether oxygens (including phenoxy) is 1. The molecule has 0 aliphatic rings. The highest BCUT2D eigenvalue weighted by Gasteiger charge is 2.23. The van der Waals surface area contributed by atoms with E-state index >= 15 is 0 Å². The molecule has 0 saturated heterocycles. The van der Waals surface area contributed by atoms with Crippen molar-refractivity contribution < 1.29 is 18.7 Å². The van der Waals surface area contributed by atoms with Gasteiger partial charge in [-0.3, -0.25) is 4.79 Å². The molecule has 2 aromatic rings. The smallest absolute Gasteiger partial charge is 0.358 e. The lowest BCUT2D eigenvalue weighted by Gasteiger charge is -1.99. The van der Waals surface area contributed by atoms with Gasteiger partial charge in [-0.1, -0.05) is 11.6 Å². The van der Waals surface area contributed by atoms with Crippen LogP contribution in [0.4, 0.5) is 4.39 Å². The topological polar surface area (TPSA) is 56.3 Å². The zero-order valence-corrected chi connectivity index (χ0v) is 12.8. The van der Waals surface area contributed by atoms with Gasteiger partial charge in [0.25, 0.3) is 0 Å². The van der Waals surface area contributed by atoms with E-state index in [1.165, 1.54) is 19.1 Å². The Bertz CT molecular complexity index is 714. The fraction of sp³-hybridized carbons (Fsp3) is 0.214. The lowest BCUT2D eigenvalue weighted by molar-refractivity contribution is 0.0517. The average Bonchev–Trinajstić information content (AvgIpc) is 2.84. The molecule has 4 nitrogen and oxygen atoms in total. The fourth-order valence-corrected chi connectivity index (χ4v) is 2.81. The van der Waals surface area contributed by atoms with Gasteiger partial charge in [-0.05, 0) is 25.1 Å². The second-order valence-electron chi connectivity index (χ2n) is 4.10. The van der Waals surface area contributed by atoms with Crippen LogP contribution in [0.25, 0.3) is 10.6 Å². The van der Waals surface area contributed by atoms with Gasteiger partial charge in [0.05, 0.1) is 6.61 Å². The van der Waals surface area contributed by atoms with E-state index < -0.39 is 11.8 Å². The number of nitrogens with zero attached hydrogens (tertiary/aromatic N) is 1. The molecule has 1 aromatic carbocycles. The van der Waals surface area contributed by atoms with E-state index in [0.29, 0.717) is 0 Å². The number of hydrogen-bond acceptors (Lipinski definition) is 5. The molecule has 0 unspecified atom stereocenters. The number of Topliss-reactive ketones (excluding diaryl/α,β-unsaturated/α-hetero) is 1. The second kappa shape index (κ2) is 6.32. The summed E-state index contributed by atoms with van der Waals surface area (Å²) in [4.78, 5) is 27.6. The maximum absolute atomic E-state index is 13.9. The van der Waals surface area contributed by atoms with Crippen LogP contribution in [0.15, 0.2) is 18.2 Å². The largest absolute Gasteiger partial charge is 0.461 e. The summed E-state index contributed by atoms with van der Waals surface area (Å²) in [5.41, 5.74) is 0.0983. The fourth-order valence-electron chi connectivity index (χ4n) is 1.67. The van der Waals surface area contributed by atoms with Crippen LogP contribution in [-0.4, -0.2) is 23.3 Å². The molecule has 2 rings (SSSR count). The van der Waals surface area contributed by atoms with Crippen molar-refractivity contribution in [2.45, 2.75) is 13.8 Å². The van der Waals surface area contributed by atoms with Gasteiger partial charge in [0, 0.05) is 17.5 Å². The molecular weight excluding hydrogens is 317 g/mol. The summed E-state index contributed by atoms with van der Waals surface area (Å²) in [7, 11) is 0. The van der Waals surface area contributed by atoms with Gasteiger partial charge in [0.2, 0.25) is 0 Å². The van der Waals surface area contributed by atoms with Gasteiger partial charge in [-0.2, -0.15) is 0 Å². The van der Waals surface area contributed by atoms with Crippen molar-refractivity contribution in [3.8, 4) is 10.6 Å². The molecule has 0 spiro atoms.